The molecule has 0 saturated carbocycles. The average molecular weight is 495 g/mol. The Morgan fingerprint density at radius 2 is 1.86 bits per heavy atom. The quantitative estimate of drug-likeness (QED) is 0.260. The number of imidazole rings is 1. The zero-order valence-corrected chi connectivity index (χ0v) is 20.0. The van der Waals surface area contributed by atoms with Crippen molar-refractivity contribution in [2.45, 2.75) is 50.6 Å². The summed E-state index contributed by atoms with van der Waals surface area (Å²) in [7, 11) is 0. The SMILES string of the molecule is CCCCn1c(=O)[nH]c(=O)c2c1nc(CSc1ncnc3c1cnn3-c1ccc(F)cc1)n2CC. The molecule has 4 heterocycles. The molecule has 1 N–H and O–H groups in total. The van der Waals surface area contributed by atoms with Crippen molar-refractivity contribution in [3.8, 4) is 5.69 Å². The Balaban J connectivity index is 1.51. The molecule has 180 valence electrons. The minimum absolute atomic E-state index is 0.325. The Labute approximate surface area is 202 Å². The van der Waals surface area contributed by atoms with Gasteiger partial charge < -0.3 is 4.57 Å². The van der Waals surface area contributed by atoms with E-state index in [0.717, 1.165) is 18.2 Å². The molecule has 0 atom stereocenters. The summed E-state index contributed by atoms with van der Waals surface area (Å²) in [5.41, 5.74) is 1.21. The van der Waals surface area contributed by atoms with Crippen LogP contribution in [0, 0.1) is 5.82 Å². The van der Waals surface area contributed by atoms with Gasteiger partial charge in [0.15, 0.2) is 16.8 Å². The van der Waals surface area contributed by atoms with Gasteiger partial charge in [-0.1, -0.05) is 25.1 Å². The zero-order valence-electron chi connectivity index (χ0n) is 19.2. The molecule has 0 aliphatic rings. The average Bonchev–Trinajstić information content (AvgIpc) is 3.45. The van der Waals surface area contributed by atoms with Crippen LogP contribution in [0.2, 0.25) is 0 Å². The van der Waals surface area contributed by atoms with E-state index in [0.29, 0.717) is 52.2 Å². The largest absolute Gasteiger partial charge is 0.330 e. The Morgan fingerprint density at radius 3 is 2.60 bits per heavy atom. The molecule has 0 fully saturated rings. The van der Waals surface area contributed by atoms with Crippen LogP contribution in [-0.2, 0) is 18.8 Å². The lowest BCUT2D eigenvalue weighted by atomic mass is 10.3. The van der Waals surface area contributed by atoms with Gasteiger partial charge in [-0.25, -0.2) is 28.8 Å². The zero-order chi connectivity index (χ0) is 24.5. The van der Waals surface area contributed by atoms with Gasteiger partial charge >= 0.3 is 5.69 Å². The van der Waals surface area contributed by atoms with E-state index in [-0.39, 0.29) is 5.82 Å². The number of aromatic amines is 1. The molecule has 0 radical (unpaired) electrons. The first-order valence-electron chi connectivity index (χ1n) is 11.3. The number of halogens is 1. The van der Waals surface area contributed by atoms with Crippen molar-refractivity contribution in [1.82, 2.24) is 38.9 Å². The van der Waals surface area contributed by atoms with Crippen LogP contribution in [0.3, 0.4) is 0 Å². The monoisotopic (exact) mass is 494 g/mol. The summed E-state index contributed by atoms with van der Waals surface area (Å²) in [4.78, 5) is 41.0. The Bertz CT molecular complexity index is 1630. The van der Waals surface area contributed by atoms with Gasteiger partial charge in [-0.3, -0.25) is 14.3 Å². The number of fused-ring (bicyclic) bond motifs is 2. The van der Waals surface area contributed by atoms with Crippen LogP contribution in [0.1, 0.15) is 32.5 Å². The lowest BCUT2D eigenvalue weighted by molar-refractivity contribution is 0.613. The van der Waals surface area contributed by atoms with E-state index in [9.17, 15) is 14.0 Å². The van der Waals surface area contributed by atoms with Gasteiger partial charge in [0.1, 0.15) is 23.0 Å². The summed E-state index contributed by atoms with van der Waals surface area (Å²) >= 11 is 1.45. The molecular weight excluding hydrogens is 471 g/mol. The number of hydrogen-bond acceptors (Lipinski definition) is 7. The van der Waals surface area contributed by atoms with E-state index in [2.05, 4.69) is 20.1 Å². The third-order valence-corrected chi connectivity index (χ3v) is 6.76. The van der Waals surface area contributed by atoms with E-state index >= 15 is 0 Å². The first-order chi connectivity index (χ1) is 17.0. The molecule has 0 unspecified atom stereocenters. The molecular formula is C23H23FN8O2S. The van der Waals surface area contributed by atoms with Crippen LogP contribution < -0.4 is 11.2 Å². The van der Waals surface area contributed by atoms with Crippen molar-refractivity contribution < 1.29 is 4.39 Å². The highest BCUT2D eigenvalue weighted by molar-refractivity contribution is 7.98. The number of nitrogens with one attached hydrogen (secondary N) is 1. The second kappa shape index (κ2) is 9.45. The lowest BCUT2D eigenvalue weighted by Crippen LogP contribution is -2.31. The van der Waals surface area contributed by atoms with Gasteiger partial charge in [0.05, 0.1) is 23.0 Å². The molecule has 0 aliphatic heterocycles. The summed E-state index contributed by atoms with van der Waals surface area (Å²) in [5.74, 6) is 0.776. The van der Waals surface area contributed by atoms with E-state index in [4.69, 9.17) is 4.98 Å². The standard InChI is InChI=1S/C23H23FN8O2S/c1-3-5-10-31-20-18(21(33)29-23(31)34)30(4-2)17(28-20)12-35-22-16-11-27-32(19(16)25-13-26-22)15-8-6-14(24)7-9-15/h6-9,11,13H,3-5,10,12H2,1-2H3,(H,29,33,34). The fourth-order valence-electron chi connectivity index (χ4n) is 4.03. The van der Waals surface area contributed by atoms with Crippen LogP contribution in [0.4, 0.5) is 4.39 Å². The number of thioether (sulfide) groups is 1. The van der Waals surface area contributed by atoms with Gasteiger partial charge in [0.2, 0.25) is 0 Å². The topological polar surface area (TPSA) is 116 Å². The summed E-state index contributed by atoms with van der Waals surface area (Å²) in [6, 6.07) is 6.01. The Morgan fingerprint density at radius 1 is 1.06 bits per heavy atom. The number of aromatic nitrogens is 8. The lowest BCUT2D eigenvalue weighted by Gasteiger charge is -2.07. The Hall–Kier alpha value is -3.80. The van der Waals surface area contributed by atoms with Crippen molar-refractivity contribution in [2.75, 3.05) is 0 Å². The smallest absolute Gasteiger partial charge is 0.322 e. The molecule has 0 saturated heterocycles. The maximum absolute atomic E-state index is 13.3. The van der Waals surface area contributed by atoms with Crippen molar-refractivity contribution in [2.24, 2.45) is 0 Å². The molecule has 0 amide bonds. The number of rotatable bonds is 8. The third-order valence-electron chi connectivity index (χ3n) is 5.75. The molecule has 12 heteroatoms. The second-order valence-corrected chi connectivity index (χ2v) is 8.91. The number of H-pyrrole nitrogens is 1. The maximum atomic E-state index is 13.3. The van der Waals surface area contributed by atoms with Gasteiger partial charge in [-0.05, 0) is 37.6 Å². The van der Waals surface area contributed by atoms with Crippen LogP contribution >= 0.6 is 11.8 Å². The van der Waals surface area contributed by atoms with E-state index in [1.54, 1.807) is 23.0 Å². The minimum Gasteiger partial charge on any atom is -0.322 e. The van der Waals surface area contributed by atoms with Crippen LogP contribution in [0.25, 0.3) is 27.9 Å². The maximum Gasteiger partial charge on any atom is 0.330 e. The fourth-order valence-corrected chi connectivity index (χ4v) is 4.94. The highest BCUT2D eigenvalue weighted by atomic mass is 32.2. The summed E-state index contributed by atoms with van der Waals surface area (Å²) in [6.45, 7) is 5.00. The van der Waals surface area contributed by atoms with Crippen molar-refractivity contribution >= 4 is 34.0 Å². The normalized spacial score (nSPS) is 11.6. The highest BCUT2D eigenvalue weighted by Gasteiger charge is 2.19. The number of nitrogens with zero attached hydrogens (tertiary/aromatic N) is 7. The predicted octanol–water partition coefficient (Wildman–Crippen LogP) is 3.27. The van der Waals surface area contributed by atoms with Gasteiger partial charge in [0, 0.05) is 13.1 Å². The van der Waals surface area contributed by atoms with Crippen LogP contribution in [0.5, 0.6) is 0 Å². The molecule has 35 heavy (non-hydrogen) atoms. The predicted molar refractivity (Wildman–Crippen MR) is 131 cm³/mol. The number of aryl methyl sites for hydroxylation is 2. The summed E-state index contributed by atoms with van der Waals surface area (Å²) in [5, 5.41) is 5.87. The Kier molecular flexibility index (Phi) is 6.20. The van der Waals surface area contributed by atoms with Crippen LogP contribution in [0.15, 0.2) is 51.4 Å². The molecule has 0 aliphatic carbocycles. The molecule has 1 aromatic carbocycles. The minimum atomic E-state index is -0.443. The van der Waals surface area contributed by atoms with Crippen molar-refractivity contribution in [1.29, 1.82) is 0 Å². The summed E-state index contributed by atoms with van der Waals surface area (Å²) in [6.07, 6.45) is 4.86. The first kappa shape index (κ1) is 23.0. The molecule has 5 rings (SSSR count). The van der Waals surface area contributed by atoms with Crippen molar-refractivity contribution in [3.63, 3.8) is 0 Å². The van der Waals surface area contributed by atoms with Gasteiger partial charge in [-0.15, -0.1) is 0 Å². The number of hydrogen-bond donors (Lipinski definition) is 1. The molecule has 5 aromatic rings. The van der Waals surface area contributed by atoms with Gasteiger partial charge in [0.25, 0.3) is 5.56 Å². The molecule has 0 spiro atoms. The molecule has 10 nitrogen and oxygen atoms in total. The number of benzene rings is 1. The number of unbranched alkanes of at least 4 members (excludes halogenated alkanes) is 1. The third kappa shape index (κ3) is 4.14. The fraction of sp³-hybridized carbons (Fsp3) is 0.304. The van der Waals surface area contributed by atoms with Crippen LogP contribution in [-0.4, -0.2) is 38.9 Å². The van der Waals surface area contributed by atoms with E-state index < -0.39 is 11.2 Å². The molecule has 4 aromatic heterocycles. The highest BCUT2D eigenvalue weighted by Crippen LogP contribution is 2.29. The first-order valence-corrected chi connectivity index (χ1v) is 12.3. The van der Waals surface area contributed by atoms with E-state index in [1.165, 1.54) is 34.8 Å². The molecule has 0 bridgehead atoms. The van der Waals surface area contributed by atoms with Gasteiger partial charge in [-0.2, -0.15) is 5.10 Å². The second-order valence-electron chi connectivity index (χ2n) is 7.95. The van der Waals surface area contributed by atoms with E-state index in [1.807, 2.05) is 18.4 Å². The summed E-state index contributed by atoms with van der Waals surface area (Å²) < 4.78 is 18.3. The van der Waals surface area contributed by atoms with Crippen molar-refractivity contribution in [3.05, 3.63) is 69.3 Å².